The maximum atomic E-state index is 11.7. The van der Waals surface area contributed by atoms with Crippen LogP contribution in [0, 0.1) is 0 Å². The third kappa shape index (κ3) is 3.51. The number of carbonyl (C=O) groups is 1. The molecule has 1 rings (SSSR count). The molecule has 4 nitrogen and oxygen atoms in total. The van der Waals surface area contributed by atoms with Gasteiger partial charge in [0.15, 0.2) is 0 Å². The Hall–Kier alpha value is -0.820. The van der Waals surface area contributed by atoms with Gasteiger partial charge in [-0.3, -0.25) is 4.79 Å². The SMILES string of the molecule is O=C(NCC(F)(F)F)[C@H]1C[C@@H](O)CN1. The van der Waals surface area contributed by atoms with Gasteiger partial charge in [-0.1, -0.05) is 0 Å². The van der Waals surface area contributed by atoms with Gasteiger partial charge in [0.2, 0.25) is 5.91 Å². The summed E-state index contributed by atoms with van der Waals surface area (Å²) in [7, 11) is 0. The number of rotatable bonds is 2. The first-order chi connectivity index (χ1) is 6.38. The summed E-state index contributed by atoms with van der Waals surface area (Å²) in [5.74, 6) is -0.723. The molecule has 1 aliphatic heterocycles. The highest BCUT2D eigenvalue weighted by Crippen LogP contribution is 2.13. The number of alkyl halides is 3. The van der Waals surface area contributed by atoms with E-state index in [0.717, 1.165) is 0 Å². The molecule has 82 valence electrons. The van der Waals surface area contributed by atoms with Crippen LogP contribution in [0.3, 0.4) is 0 Å². The first kappa shape index (κ1) is 11.3. The van der Waals surface area contributed by atoms with Crippen LogP contribution in [-0.4, -0.2) is 42.4 Å². The third-order valence-corrected chi connectivity index (χ3v) is 1.89. The minimum absolute atomic E-state index is 0.156. The van der Waals surface area contributed by atoms with Gasteiger partial charge in [0, 0.05) is 6.54 Å². The molecule has 1 heterocycles. The van der Waals surface area contributed by atoms with Crippen molar-refractivity contribution in [3.05, 3.63) is 0 Å². The Morgan fingerprint density at radius 3 is 2.64 bits per heavy atom. The number of aliphatic hydroxyl groups excluding tert-OH is 1. The number of carbonyl (C=O) groups excluding carboxylic acids is 1. The molecule has 0 bridgehead atoms. The molecule has 1 saturated heterocycles. The van der Waals surface area contributed by atoms with Crippen LogP contribution in [-0.2, 0) is 4.79 Å². The maximum Gasteiger partial charge on any atom is 0.405 e. The van der Waals surface area contributed by atoms with Crippen molar-refractivity contribution in [3.63, 3.8) is 0 Å². The number of nitrogens with one attached hydrogen (secondary N) is 2. The monoisotopic (exact) mass is 212 g/mol. The fourth-order valence-electron chi connectivity index (χ4n) is 1.23. The van der Waals surface area contributed by atoms with E-state index < -0.39 is 30.8 Å². The van der Waals surface area contributed by atoms with Crippen LogP contribution < -0.4 is 10.6 Å². The second-order valence-electron chi connectivity index (χ2n) is 3.18. The number of hydrogen-bond donors (Lipinski definition) is 3. The molecule has 1 amide bonds. The molecular formula is C7H11F3N2O2. The van der Waals surface area contributed by atoms with E-state index in [1.807, 2.05) is 0 Å². The molecule has 3 N–H and O–H groups in total. The molecule has 0 aliphatic carbocycles. The summed E-state index contributed by atoms with van der Waals surface area (Å²) in [5, 5.41) is 13.4. The lowest BCUT2D eigenvalue weighted by molar-refractivity contribution is -0.139. The number of aliphatic hydroxyl groups is 1. The van der Waals surface area contributed by atoms with Gasteiger partial charge >= 0.3 is 6.18 Å². The molecule has 0 aromatic heterocycles. The summed E-state index contributed by atoms with van der Waals surface area (Å²) in [5.41, 5.74) is 0. The maximum absolute atomic E-state index is 11.7. The second kappa shape index (κ2) is 4.14. The van der Waals surface area contributed by atoms with Crippen molar-refractivity contribution < 1.29 is 23.1 Å². The normalized spacial score (nSPS) is 27.7. The zero-order valence-electron chi connectivity index (χ0n) is 7.27. The van der Waals surface area contributed by atoms with Gasteiger partial charge in [0.1, 0.15) is 6.54 Å². The van der Waals surface area contributed by atoms with Crippen molar-refractivity contribution in [2.75, 3.05) is 13.1 Å². The summed E-state index contributed by atoms with van der Waals surface area (Å²) in [6.45, 7) is -1.09. The predicted octanol–water partition coefficient (Wildman–Crippen LogP) is -0.612. The Kier molecular flexibility index (Phi) is 3.33. The number of hydrogen-bond acceptors (Lipinski definition) is 3. The van der Waals surface area contributed by atoms with E-state index in [9.17, 15) is 18.0 Å². The second-order valence-corrected chi connectivity index (χ2v) is 3.18. The highest BCUT2D eigenvalue weighted by molar-refractivity contribution is 5.82. The van der Waals surface area contributed by atoms with E-state index in [0.29, 0.717) is 0 Å². The van der Waals surface area contributed by atoms with E-state index in [-0.39, 0.29) is 13.0 Å². The average Bonchev–Trinajstić information content (AvgIpc) is 2.46. The molecule has 2 atom stereocenters. The Morgan fingerprint density at radius 2 is 2.21 bits per heavy atom. The van der Waals surface area contributed by atoms with Crippen molar-refractivity contribution in [3.8, 4) is 0 Å². The fraction of sp³-hybridized carbons (Fsp3) is 0.857. The van der Waals surface area contributed by atoms with E-state index in [4.69, 9.17) is 5.11 Å². The zero-order chi connectivity index (χ0) is 10.8. The van der Waals surface area contributed by atoms with Crippen molar-refractivity contribution in [2.45, 2.75) is 24.7 Å². The Labute approximate surface area is 78.5 Å². The van der Waals surface area contributed by atoms with Crippen LogP contribution in [0.4, 0.5) is 13.2 Å². The molecule has 0 saturated carbocycles. The Morgan fingerprint density at radius 1 is 1.57 bits per heavy atom. The zero-order valence-corrected chi connectivity index (χ0v) is 7.27. The van der Waals surface area contributed by atoms with Gasteiger partial charge in [-0.15, -0.1) is 0 Å². The fourth-order valence-corrected chi connectivity index (χ4v) is 1.23. The molecule has 0 radical (unpaired) electrons. The smallest absolute Gasteiger partial charge is 0.392 e. The van der Waals surface area contributed by atoms with Crippen LogP contribution in [0.1, 0.15) is 6.42 Å². The van der Waals surface area contributed by atoms with Gasteiger partial charge in [0.25, 0.3) is 0 Å². The van der Waals surface area contributed by atoms with E-state index in [1.54, 1.807) is 5.32 Å². The quantitative estimate of drug-likeness (QED) is 0.572. The first-order valence-electron chi connectivity index (χ1n) is 4.14. The summed E-state index contributed by atoms with van der Waals surface area (Å²) in [4.78, 5) is 11.1. The number of amides is 1. The molecule has 1 aliphatic rings. The first-order valence-corrected chi connectivity index (χ1v) is 4.14. The van der Waals surface area contributed by atoms with Crippen molar-refractivity contribution in [1.82, 2.24) is 10.6 Å². The van der Waals surface area contributed by atoms with Crippen LogP contribution in [0.5, 0.6) is 0 Å². The van der Waals surface area contributed by atoms with E-state index >= 15 is 0 Å². The van der Waals surface area contributed by atoms with E-state index in [1.165, 1.54) is 0 Å². The van der Waals surface area contributed by atoms with Gasteiger partial charge in [-0.2, -0.15) is 13.2 Å². The number of halogens is 3. The minimum Gasteiger partial charge on any atom is -0.392 e. The molecule has 14 heavy (non-hydrogen) atoms. The van der Waals surface area contributed by atoms with Gasteiger partial charge < -0.3 is 15.7 Å². The summed E-state index contributed by atoms with van der Waals surface area (Å²) in [6.07, 6.45) is -4.90. The standard InChI is InChI=1S/C7H11F3N2O2/c8-7(9,10)3-12-6(14)5-1-4(13)2-11-5/h4-5,11,13H,1-3H2,(H,12,14)/t4-,5-/m1/s1. The molecule has 0 spiro atoms. The van der Waals surface area contributed by atoms with Crippen LogP contribution in [0.2, 0.25) is 0 Å². The minimum atomic E-state index is -4.40. The highest BCUT2D eigenvalue weighted by atomic mass is 19.4. The number of β-amino-alcohol motifs (C(OH)–C–C–N with tert-alkyl or cyclic N) is 1. The molecule has 0 aromatic rings. The third-order valence-electron chi connectivity index (χ3n) is 1.89. The van der Waals surface area contributed by atoms with Crippen molar-refractivity contribution in [1.29, 1.82) is 0 Å². The Bertz CT molecular complexity index is 219. The molecule has 7 heteroatoms. The van der Waals surface area contributed by atoms with Gasteiger partial charge in [-0.05, 0) is 6.42 Å². The van der Waals surface area contributed by atoms with Crippen LogP contribution in [0.25, 0.3) is 0 Å². The van der Waals surface area contributed by atoms with Crippen molar-refractivity contribution >= 4 is 5.91 Å². The molecule has 1 fully saturated rings. The van der Waals surface area contributed by atoms with Gasteiger partial charge in [-0.25, -0.2) is 0 Å². The predicted molar refractivity (Wildman–Crippen MR) is 41.5 cm³/mol. The lowest BCUT2D eigenvalue weighted by Crippen LogP contribution is -2.44. The molecular weight excluding hydrogens is 201 g/mol. The lowest BCUT2D eigenvalue weighted by atomic mass is 10.2. The van der Waals surface area contributed by atoms with E-state index in [2.05, 4.69) is 5.32 Å². The van der Waals surface area contributed by atoms with Crippen molar-refractivity contribution in [2.24, 2.45) is 0 Å². The molecule has 0 aromatic carbocycles. The van der Waals surface area contributed by atoms with Crippen LogP contribution in [0.15, 0.2) is 0 Å². The Balaban J connectivity index is 2.29. The summed E-state index contributed by atoms with van der Waals surface area (Å²) in [6, 6.07) is -0.715. The summed E-state index contributed by atoms with van der Waals surface area (Å²) < 4.78 is 35.1. The highest BCUT2D eigenvalue weighted by Gasteiger charge is 2.32. The van der Waals surface area contributed by atoms with Crippen LogP contribution >= 0.6 is 0 Å². The topological polar surface area (TPSA) is 61.4 Å². The molecule has 0 unspecified atom stereocenters. The largest absolute Gasteiger partial charge is 0.405 e. The van der Waals surface area contributed by atoms with Gasteiger partial charge in [0.05, 0.1) is 12.1 Å². The average molecular weight is 212 g/mol. The lowest BCUT2D eigenvalue weighted by Gasteiger charge is -2.12. The summed E-state index contributed by atoms with van der Waals surface area (Å²) >= 11 is 0.